The standard InChI is InChI=1S/C18H22FN3O2/c1-13(18-20-8-10-21(18)2)24-12-17(23)22-9-4-7-16(22)14-5-3-6-15(19)11-14/h3,5-6,8,10-11,13,16H,4,7,9,12H2,1-2H3. The maximum absolute atomic E-state index is 13.5. The molecular formula is C18H22FN3O2. The van der Waals surface area contributed by atoms with Crippen LogP contribution in [0.4, 0.5) is 4.39 Å². The number of halogens is 1. The van der Waals surface area contributed by atoms with Crippen LogP contribution in [0, 0.1) is 5.82 Å². The summed E-state index contributed by atoms with van der Waals surface area (Å²) in [6.07, 6.45) is 5.06. The summed E-state index contributed by atoms with van der Waals surface area (Å²) in [7, 11) is 1.89. The maximum atomic E-state index is 13.5. The van der Waals surface area contributed by atoms with Crippen LogP contribution in [0.3, 0.4) is 0 Å². The Kier molecular flexibility index (Phi) is 4.94. The first-order valence-corrected chi connectivity index (χ1v) is 8.20. The molecule has 2 unspecified atom stereocenters. The van der Waals surface area contributed by atoms with Crippen molar-refractivity contribution in [3.05, 3.63) is 53.9 Å². The van der Waals surface area contributed by atoms with Gasteiger partial charge in [-0.3, -0.25) is 4.79 Å². The molecule has 1 aromatic heterocycles. The summed E-state index contributed by atoms with van der Waals surface area (Å²) >= 11 is 0. The molecule has 0 spiro atoms. The fourth-order valence-corrected chi connectivity index (χ4v) is 3.25. The summed E-state index contributed by atoms with van der Waals surface area (Å²) in [6, 6.07) is 6.41. The largest absolute Gasteiger partial charge is 0.361 e. The van der Waals surface area contributed by atoms with Gasteiger partial charge < -0.3 is 14.2 Å². The van der Waals surface area contributed by atoms with Gasteiger partial charge in [0.05, 0.1) is 6.04 Å². The Balaban J connectivity index is 1.63. The minimum atomic E-state index is -0.272. The number of carbonyl (C=O) groups excluding carboxylic acids is 1. The molecule has 0 radical (unpaired) electrons. The SMILES string of the molecule is CC(OCC(=O)N1CCCC1c1cccc(F)c1)c1nccn1C. The minimum absolute atomic E-state index is 0.000156. The highest BCUT2D eigenvalue weighted by molar-refractivity contribution is 5.78. The third kappa shape index (κ3) is 3.48. The molecule has 0 N–H and O–H groups in total. The second kappa shape index (κ2) is 7.13. The summed E-state index contributed by atoms with van der Waals surface area (Å²) < 4.78 is 21.0. The second-order valence-corrected chi connectivity index (χ2v) is 6.15. The number of benzene rings is 1. The Hall–Kier alpha value is -2.21. The van der Waals surface area contributed by atoms with E-state index in [0.717, 1.165) is 24.2 Å². The van der Waals surface area contributed by atoms with Crippen LogP contribution in [0.5, 0.6) is 0 Å². The highest BCUT2D eigenvalue weighted by Crippen LogP contribution is 2.32. The lowest BCUT2D eigenvalue weighted by Gasteiger charge is -2.25. The molecule has 0 saturated carbocycles. The molecule has 1 saturated heterocycles. The molecule has 5 nitrogen and oxygen atoms in total. The number of aryl methyl sites for hydroxylation is 1. The number of hydrogen-bond acceptors (Lipinski definition) is 3. The molecule has 3 rings (SSSR count). The minimum Gasteiger partial charge on any atom is -0.361 e. The molecule has 0 bridgehead atoms. The molecule has 1 fully saturated rings. The van der Waals surface area contributed by atoms with Crippen LogP contribution in [-0.4, -0.2) is 33.5 Å². The van der Waals surface area contributed by atoms with E-state index in [4.69, 9.17) is 4.74 Å². The number of aromatic nitrogens is 2. The van der Waals surface area contributed by atoms with Crippen molar-refractivity contribution < 1.29 is 13.9 Å². The van der Waals surface area contributed by atoms with Crippen LogP contribution < -0.4 is 0 Å². The Bertz CT molecular complexity index is 716. The van der Waals surface area contributed by atoms with Gasteiger partial charge in [0.25, 0.3) is 0 Å². The van der Waals surface area contributed by atoms with Gasteiger partial charge in [0.2, 0.25) is 5.91 Å². The fraction of sp³-hybridized carbons (Fsp3) is 0.444. The first-order valence-electron chi connectivity index (χ1n) is 8.20. The van der Waals surface area contributed by atoms with Gasteiger partial charge in [-0.2, -0.15) is 0 Å². The van der Waals surface area contributed by atoms with Crippen LogP contribution in [-0.2, 0) is 16.6 Å². The summed E-state index contributed by atoms with van der Waals surface area (Å²) in [4.78, 5) is 18.6. The lowest BCUT2D eigenvalue weighted by atomic mass is 10.0. The van der Waals surface area contributed by atoms with Gasteiger partial charge >= 0.3 is 0 Å². The summed E-state index contributed by atoms with van der Waals surface area (Å²) in [6.45, 7) is 2.56. The molecule has 1 aliphatic heterocycles. The Morgan fingerprint density at radius 2 is 2.33 bits per heavy atom. The number of amides is 1. The molecule has 1 amide bonds. The van der Waals surface area contributed by atoms with Crippen LogP contribution in [0.2, 0.25) is 0 Å². The van der Waals surface area contributed by atoms with E-state index in [1.807, 2.05) is 30.8 Å². The van der Waals surface area contributed by atoms with Gasteiger partial charge in [-0.15, -0.1) is 0 Å². The molecule has 2 aromatic rings. The van der Waals surface area contributed by atoms with Crippen molar-refractivity contribution >= 4 is 5.91 Å². The highest BCUT2D eigenvalue weighted by Gasteiger charge is 2.30. The van der Waals surface area contributed by atoms with Crippen LogP contribution >= 0.6 is 0 Å². The molecule has 2 atom stereocenters. The van der Waals surface area contributed by atoms with Gasteiger partial charge in [-0.1, -0.05) is 12.1 Å². The number of ether oxygens (including phenoxy) is 1. The van der Waals surface area contributed by atoms with E-state index in [1.54, 1.807) is 17.2 Å². The molecule has 1 aliphatic rings. The van der Waals surface area contributed by atoms with Crippen LogP contribution in [0.25, 0.3) is 0 Å². The zero-order valence-electron chi connectivity index (χ0n) is 14.0. The number of hydrogen-bond donors (Lipinski definition) is 0. The molecular weight excluding hydrogens is 309 g/mol. The van der Waals surface area contributed by atoms with E-state index in [2.05, 4.69) is 4.98 Å². The smallest absolute Gasteiger partial charge is 0.249 e. The Morgan fingerprint density at radius 1 is 1.50 bits per heavy atom. The normalized spacial score (nSPS) is 18.8. The Labute approximate surface area is 141 Å². The number of imidazole rings is 1. The van der Waals surface area contributed by atoms with Crippen molar-refractivity contribution in [1.29, 1.82) is 0 Å². The summed E-state index contributed by atoms with van der Waals surface area (Å²) in [5, 5.41) is 0. The number of rotatable bonds is 5. The van der Waals surface area contributed by atoms with Gasteiger partial charge in [0.1, 0.15) is 24.4 Å². The van der Waals surface area contributed by atoms with E-state index in [1.165, 1.54) is 12.1 Å². The first kappa shape index (κ1) is 16.6. The zero-order chi connectivity index (χ0) is 17.1. The van der Waals surface area contributed by atoms with Gasteiger partial charge in [0, 0.05) is 26.0 Å². The van der Waals surface area contributed by atoms with Crippen LogP contribution in [0.1, 0.15) is 43.3 Å². The van der Waals surface area contributed by atoms with Crippen molar-refractivity contribution in [3.63, 3.8) is 0 Å². The quantitative estimate of drug-likeness (QED) is 0.846. The molecule has 128 valence electrons. The van der Waals surface area contributed by atoms with Crippen molar-refractivity contribution in [2.24, 2.45) is 7.05 Å². The third-order valence-electron chi connectivity index (χ3n) is 4.49. The van der Waals surface area contributed by atoms with Crippen molar-refractivity contribution in [3.8, 4) is 0 Å². The maximum Gasteiger partial charge on any atom is 0.249 e. The van der Waals surface area contributed by atoms with Crippen molar-refractivity contribution in [1.82, 2.24) is 14.5 Å². The average molecular weight is 331 g/mol. The molecule has 6 heteroatoms. The van der Waals surface area contributed by atoms with Gasteiger partial charge in [-0.25, -0.2) is 9.37 Å². The summed E-state index contributed by atoms with van der Waals surface area (Å²) in [5.74, 6) is 0.445. The van der Waals surface area contributed by atoms with E-state index in [0.29, 0.717) is 6.54 Å². The highest BCUT2D eigenvalue weighted by atomic mass is 19.1. The first-order chi connectivity index (χ1) is 11.6. The van der Waals surface area contributed by atoms with Crippen LogP contribution in [0.15, 0.2) is 36.7 Å². The van der Waals surface area contributed by atoms with E-state index >= 15 is 0 Å². The topological polar surface area (TPSA) is 47.4 Å². The monoisotopic (exact) mass is 331 g/mol. The molecule has 0 aliphatic carbocycles. The number of carbonyl (C=O) groups is 1. The molecule has 1 aromatic carbocycles. The Morgan fingerprint density at radius 3 is 3.04 bits per heavy atom. The lowest BCUT2D eigenvalue weighted by molar-refractivity contribution is -0.139. The van der Waals surface area contributed by atoms with E-state index in [9.17, 15) is 9.18 Å². The lowest BCUT2D eigenvalue weighted by Crippen LogP contribution is -2.34. The van der Waals surface area contributed by atoms with Crippen molar-refractivity contribution in [2.45, 2.75) is 31.9 Å². The van der Waals surface area contributed by atoms with Gasteiger partial charge in [0.15, 0.2) is 0 Å². The average Bonchev–Trinajstić information content (AvgIpc) is 3.21. The molecule has 2 heterocycles. The van der Waals surface area contributed by atoms with Gasteiger partial charge in [-0.05, 0) is 37.5 Å². The zero-order valence-corrected chi connectivity index (χ0v) is 14.0. The molecule has 24 heavy (non-hydrogen) atoms. The number of nitrogens with zero attached hydrogens (tertiary/aromatic N) is 3. The summed E-state index contributed by atoms with van der Waals surface area (Å²) in [5.41, 5.74) is 0.845. The van der Waals surface area contributed by atoms with E-state index in [-0.39, 0.29) is 30.5 Å². The van der Waals surface area contributed by atoms with E-state index < -0.39 is 0 Å². The number of likely N-dealkylation sites (tertiary alicyclic amines) is 1. The second-order valence-electron chi connectivity index (χ2n) is 6.15. The third-order valence-corrected chi connectivity index (χ3v) is 4.49. The predicted octanol–water partition coefficient (Wildman–Crippen LogP) is 3.00. The predicted molar refractivity (Wildman–Crippen MR) is 87.7 cm³/mol. The fourth-order valence-electron chi connectivity index (χ4n) is 3.25. The van der Waals surface area contributed by atoms with Crippen molar-refractivity contribution in [2.75, 3.05) is 13.2 Å².